The molecule has 2 rings (SSSR count). The molecular formula is C11H10FN3O. The van der Waals surface area contributed by atoms with Gasteiger partial charge in [-0.1, -0.05) is 0 Å². The molecule has 4 nitrogen and oxygen atoms in total. The molecule has 16 heavy (non-hydrogen) atoms. The van der Waals surface area contributed by atoms with Gasteiger partial charge in [0.1, 0.15) is 11.9 Å². The predicted octanol–water partition coefficient (Wildman–Crippen LogP) is 1.28. The van der Waals surface area contributed by atoms with E-state index in [1.807, 2.05) is 0 Å². The number of nitrogen functional groups attached to an aromatic ring is 1. The molecule has 0 fully saturated rings. The number of rotatable bonds is 2. The topological polar surface area (TPSA) is 72.0 Å². The minimum Gasteiger partial charge on any atom is -0.398 e. The van der Waals surface area contributed by atoms with E-state index in [1.165, 1.54) is 24.7 Å². The predicted molar refractivity (Wildman–Crippen MR) is 56.9 cm³/mol. The molecule has 0 aliphatic rings. The summed E-state index contributed by atoms with van der Waals surface area (Å²) in [5, 5.41) is 9.97. The van der Waals surface area contributed by atoms with E-state index in [0.717, 1.165) is 6.20 Å². The van der Waals surface area contributed by atoms with Gasteiger partial charge in [-0.15, -0.1) is 0 Å². The molecule has 1 atom stereocenters. The Balaban J connectivity index is 2.44. The van der Waals surface area contributed by atoms with Crippen molar-refractivity contribution < 1.29 is 9.50 Å². The Morgan fingerprint density at radius 1 is 1.12 bits per heavy atom. The number of nitrogens with zero attached hydrogens (tertiary/aromatic N) is 2. The van der Waals surface area contributed by atoms with Crippen LogP contribution in [0.4, 0.5) is 10.1 Å². The summed E-state index contributed by atoms with van der Waals surface area (Å²) in [5.41, 5.74) is 6.56. The van der Waals surface area contributed by atoms with Gasteiger partial charge in [-0.05, 0) is 12.1 Å². The summed E-state index contributed by atoms with van der Waals surface area (Å²) < 4.78 is 13.4. The van der Waals surface area contributed by atoms with Gasteiger partial charge in [0.2, 0.25) is 0 Å². The van der Waals surface area contributed by atoms with Crippen molar-refractivity contribution in [1.29, 1.82) is 0 Å². The van der Waals surface area contributed by atoms with Crippen molar-refractivity contribution in [3.8, 4) is 0 Å². The van der Waals surface area contributed by atoms with Gasteiger partial charge in [-0.25, -0.2) is 4.39 Å². The van der Waals surface area contributed by atoms with E-state index in [4.69, 9.17) is 5.73 Å². The van der Waals surface area contributed by atoms with Crippen molar-refractivity contribution >= 4 is 5.69 Å². The third-order valence-electron chi connectivity index (χ3n) is 2.28. The summed E-state index contributed by atoms with van der Waals surface area (Å²) >= 11 is 0. The molecule has 0 aliphatic carbocycles. The summed E-state index contributed by atoms with van der Waals surface area (Å²) in [6.07, 6.45) is 4.25. The van der Waals surface area contributed by atoms with Crippen LogP contribution in [0.15, 0.2) is 36.9 Å². The second-order valence-corrected chi connectivity index (χ2v) is 3.30. The summed E-state index contributed by atoms with van der Waals surface area (Å²) in [6.45, 7) is 0. The zero-order valence-electron chi connectivity index (χ0n) is 8.34. The summed E-state index contributed by atoms with van der Waals surface area (Å²) in [5.74, 6) is -0.571. The van der Waals surface area contributed by atoms with Crippen molar-refractivity contribution in [3.63, 3.8) is 0 Å². The van der Waals surface area contributed by atoms with Gasteiger partial charge < -0.3 is 10.8 Å². The molecule has 3 N–H and O–H groups in total. The van der Waals surface area contributed by atoms with Crippen LogP contribution in [0.25, 0.3) is 0 Å². The maximum atomic E-state index is 13.4. The van der Waals surface area contributed by atoms with Crippen LogP contribution >= 0.6 is 0 Å². The van der Waals surface area contributed by atoms with E-state index < -0.39 is 11.9 Å². The molecule has 1 unspecified atom stereocenters. The fourth-order valence-corrected chi connectivity index (χ4v) is 1.42. The molecule has 2 aromatic heterocycles. The van der Waals surface area contributed by atoms with E-state index >= 15 is 0 Å². The molecule has 0 bridgehead atoms. The molecule has 0 radical (unpaired) electrons. The molecule has 0 aromatic carbocycles. The maximum absolute atomic E-state index is 13.4. The van der Waals surface area contributed by atoms with E-state index in [0.29, 0.717) is 11.3 Å². The fraction of sp³-hybridized carbons (Fsp3) is 0.0909. The van der Waals surface area contributed by atoms with Crippen molar-refractivity contribution in [1.82, 2.24) is 9.97 Å². The maximum Gasteiger partial charge on any atom is 0.147 e. The zero-order chi connectivity index (χ0) is 11.5. The standard InChI is InChI=1S/C11H10FN3O/c12-9-6-15-3-1-7(9)11(16)8-5-14-4-2-10(8)13/h1-6,11,16H,(H2,13,14). The SMILES string of the molecule is Nc1ccncc1C(O)c1ccncc1F. The number of pyridine rings is 2. The summed E-state index contributed by atoms with van der Waals surface area (Å²) in [6, 6.07) is 2.96. The van der Waals surface area contributed by atoms with Crippen molar-refractivity contribution in [2.75, 3.05) is 5.73 Å². The lowest BCUT2D eigenvalue weighted by Crippen LogP contribution is -2.06. The number of hydrogen-bond donors (Lipinski definition) is 2. The monoisotopic (exact) mass is 219 g/mol. The number of aliphatic hydroxyl groups excluding tert-OH is 1. The van der Waals surface area contributed by atoms with Crippen molar-refractivity contribution in [3.05, 3.63) is 53.9 Å². The lowest BCUT2D eigenvalue weighted by atomic mass is 10.0. The van der Waals surface area contributed by atoms with Crippen LogP contribution in [0.3, 0.4) is 0 Å². The highest BCUT2D eigenvalue weighted by Crippen LogP contribution is 2.26. The van der Waals surface area contributed by atoms with Crippen LogP contribution in [0.1, 0.15) is 17.2 Å². The average Bonchev–Trinajstić information content (AvgIpc) is 2.29. The highest BCUT2D eigenvalue weighted by Gasteiger charge is 2.17. The van der Waals surface area contributed by atoms with E-state index in [2.05, 4.69) is 9.97 Å². The Labute approximate surface area is 91.6 Å². The van der Waals surface area contributed by atoms with Crippen LogP contribution in [-0.4, -0.2) is 15.1 Å². The smallest absolute Gasteiger partial charge is 0.147 e. The third-order valence-corrected chi connectivity index (χ3v) is 2.28. The van der Waals surface area contributed by atoms with E-state index in [-0.39, 0.29) is 5.56 Å². The molecule has 5 heteroatoms. The number of hydrogen-bond acceptors (Lipinski definition) is 4. The minimum absolute atomic E-state index is 0.134. The zero-order valence-corrected chi connectivity index (χ0v) is 8.34. The van der Waals surface area contributed by atoms with E-state index in [9.17, 15) is 9.50 Å². The molecule has 0 spiro atoms. The largest absolute Gasteiger partial charge is 0.398 e. The van der Waals surface area contributed by atoms with Crippen LogP contribution in [0.5, 0.6) is 0 Å². The minimum atomic E-state index is -1.13. The molecule has 0 amide bonds. The highest BCUT2D eigenvalue weighted by atomic mass is 19.1. The first kappa shape index (κ1) is 10.5. The van der Waals surface area contributed by atoms with Gasteiger partial charge in [0.05, 0.1) is 6.20 Å². The number of anilines is 1. The average molecular weight is 219 g/mol. The van der Waals surface area contributed by atoms with E-state index in [1.54, 1.807) is 6.07 Å². The normalized spacial score (nSPS) is 12.4. The fourth-order valence-electron chi connectivity index (χ4n) is 1.42. The Kier molecular flexibility index (Phi) is 2.78. The van der Waals surface area contributed by atoms with Crippen LogP contribution < -0.4 is 5.73 Å². The van der Waals surface area contributed by atoms with Gasteiger partial charge >= 0.3 is 0 Å². The first-order chi connectivity index (χ1) is 7.70. The summed E-state index contributed by atoms with van der Waals surface area (Å²) in [4.78, 5) is 7.45. The molecule has 82 valence electrons. The molecular weight excluding hydrogens is 209 g/mol. The third kappa shape index (κ3) is 1.85. The molecule has 0 saturated heterocycles. The van der Waals surface area contributed by atoms with Crippen molar-refractivity contribution in [2.24, 2.45) is 0 Å². The van der Waals surface area contributed by atoms with Gasteiger partial charge in [0.25, 0.3) is 0 Å². The van der Waals surface area contributed by atoms with Gasteiger partial charge in [0, 0.05) is 35.4 Å². The molecule has 2 heterocycles. The van der Waals surface area contributed by atoms with Gasteiger partial charge in [-0.2, -0.15) is 0 Å². The summed E-state index contributed by atoms with van der Waals surface area (Å²) in [7, 11) is 0. The van der Waals surface area contributed by atoms with Crippen LogP contribution in [0, 0.1) is 5.82 Å². The van der Waals surface area contributed by atoms with Crippen LogP contribution in [0.2, 0.25) is 0 Å². The lowest BCUT2D eigenvalue weighted by molar-refractivity contribution is 0.215. The molecule has 0 saturated carbocycles. The Morgan fingerprint density at radius 3 is 2.50 bits per heavy atom. The first-order valence-electron chi connectivity index (χ1n) is 4.67. The number of aliphatic hydroxyl groups is 1. The number of nitrogens with two attached hydrogens (primary N) is 1. The quantitative estimate of drug-likeness (QED) is 0.798. The van der Waals surface area contributed by atoms with Gasteiger partial charge in [-0.3, -0.25) is 9.97 Å². The Morgan fingerprint density at radius 2 is 1.81 bits per heavy atom. The molecule has 0 aliphatic heterocycles. The Bertz CT molecular complexity index is 459. The second kappa shape index (κ2) is 4.24. The lowest BCUT2D eigenvalue weighted by Gasteiger charge is -2.13. The van der Waals surface area contributed by atoms with Crippen molar-refractivity contribution in [2.45, 2.75) is 6.10 Å². The molecule has 2 aromatic rings. The highest BCUT2D eigenvalue weighted by molar-refractivity contribution is 5.48. The number of halogens is 1. The van der Waals surface area contributed by atoms with Crippen LogP contribution in [-0.2, 0) is 0 Å². The van der Waals surface area contributed by atoms with Gasteiger partial charge in [0.15, 0.2) is 0 Å². The second-order valence-electron chi connectivity index (χ2n) is 3.30. The number of aromatic nitrogens is 2. The Hall–Kier alpha value is -2.01. The first-order valence-corrected chi connectivity index (χ1v) is 4.67.